The van der Waals surface area contributed by atoms with Gasteiger partial charge in [0.2, 0.25) is 11.7 Å². The Balaban J connectivity index is 1.45. The van der Waals surface area contributed by atoms with Crippen molar-refractivity contribution < 1.29 is 14.1 Å². The predicted octanol–water partition coefficient (Wildman–Crippen LogP) is 4.60. The van der Waals surface area contributed by atoms with Crippen molar-refractivity contribution in [1.29, 1.82) is 0 Å². The first-order chi connectivity index (χ1) is 14.2. The van der Waals surface area contributed by atoms with Crippen LogP contribution >= 0.6 is 23.1 Å². The highest BCUT2D eigenvalue weighted by Gasteiger charge is 2.16. The number of methoxy groups -OCH3 is 1. The molecule has 4 rings (SSSR count). The molecule has 1 aromatic carbocycles. The molecule has 29 heavy (non-hydrogen) atoms. The third kappa shape index (κ3) is 4.64. The number of ether oxygens (including phenoxy) is 1. The molecule has 0 fully saturated rings. The molecule has 9 heteroatoms. The Morgan fingerprint density at radius 3 is 3.00 bits per heavy atom. The molecule has 3 heterocycles. The van der Waals surface area contributed by atoms with Crippen LogP contribution in [-0.2, 0) is 4.79 Å². The highest BCUT2D eigenvalue weighted by Crippen LogP contribution is 2.31. The van der Waals surface area contributed by atoms with Gasteiger partial charge in [0.25, 0.3) is 5.89 Å². The number of benzene rings is 1. The summed E-state index contributed by atoms with van der Waals surface area (Å²) in [6.45, 7) is 0. The average molecular weight is 425 g/mol. The van der Waals surface area contributed by atoms with Gasteiger partial charge in [-0.1, -0.05) is 29.1 Å². The van der Waals surface area contributed by atoms with E-state index in [1.165, 1.54) is 23.1 Å². The van der Waals surface area contributed by atoms with Crippen LogP contribution in [0.5, 0.6) is 5.75 Å². The summed E-state index contributed by atoms with van der Waals surface area (Å²) in [4.78, 5) is 22.1. The Morgan fingerprint density at radius 1 is 1.24 bits per heavy atom. The number of rotatable bonds is 7. The van der Waals surface area contributed by atoms with Crippen molar-refractivity contribution in [2.24, 2.45) is 0 Å². The number of hydrogen-bond acceptors (Lipinski definition) is 8. The molecule has 0 radical (unpaired) electrons. The molecule has 0 saturated carbocycles. The Morgan fingerprint density at radius 2 is 2.17 bits per heavy atom. The van der Waals surface area contributed by atoms with E-state index in [1.54, 1.807) is 25.4 Å². The summed E-state index contributed by atoms with van der Waals surface area (Å²) in [5.74, 6) is 1.63. The van der Waals surface area contributed by atoms with Crippen molar-refractivity contribution in [1.82, 2.24) is 15.1 Å². The van der Waals surface area contributed by atoms with E-state index in [2.05, 4.69) is 20.4 Å². The first-order valence-corrected chi connectivity index (χ1v) is 10.5. The molecule has 4 aromatic rings. The monoisotopic (exact) mass is 424 g/mol. The summed E-state index contributed by atoms with van der Waals surface area (Å²) in [5, 5.41) is 9.49. The summed E-state index contributed by atoms with van der Waals surface area (Å²) >= 11 is 2.85. The van der Waals surface area contributed by atoms with Gasteiger partial charge >= 0.3 is 0 Å². The molecule has 1 amide bonds. The molecule has 0 aliphatic rings. The fraction of sp³-hybridized carbons (Fsp3) is 0.100. The van der Waals surface area contributed by atoms with Crippen LogP contribution in [0.25, 0.3) is 22.2 Å². The van der Waals surface area contributed by atoms with Crippen LogP contribution in [0.15, 0.2) is 69.7 Å². The second-order valence-electron chi connectivity index (χ2n) is 5.83. The quantitative estimate of drug-likeness (QED) is 0.434. The lowest BCUT2D eigenvalue weighted by molar-refractivity contribution is -0.113. The van der Waals surface area contributed by atoms with Gasteiger partial charge in [-0.2, -0.15) is 4.98 Å². The van der Waals surface area contributed by atoms with Gasteiger partial charge in [0.1, 0.15) is 10.8 Å². The van der Waals surface area contributed by atoms with Crippen LogP contribution in [0.3, 0.4) is 0 Å². The smallest absolute Gasteiger partial charge is 0.261 e. The zero-order chi connectivity index (χ0) is 20.1. The molecule has 0 spiro atoms. The summed E-state index contributed by atoms with van der Waals surface area (Å²) < 4.78 is 10.6. The number of aromatic nitrogens is 3. The lowest BCUT2D eigenvalue weighted by atomic mass is 10.3. The van der Waals surface area contributed by atoms with Crippen molar-refractivity contribution in [2.45, 2.75) is 5.03 Å². The highest BCUT2D eigenvalue weighted by atomic mass is 32.2. The number of nitrogens with zero attached hydrogens (tertiary/aromatic N) is 3. The lowest BCUT2D eigenvalue weighted by Gasteiger charge is -2.07. The van der Waals surface area contributed by atoms with Crippen LogP contribution in [-0.4, -0.2) is 33.9 Å². The van der Waals surface area contributed by atoms with Crippen LogP contribution in [0.1, 0.15) is 0 Å². The standard InChI is InChI=1S/C20H16N4O3S2/c1-26-14-6-2-5-13(11-14)22-17(25)12-29-20-15(7-3-9-21-20)19-23-18(24-27-19)16-8-4-10-28-16/h2-11H,12H2,1H3,(H,22,25). The van der Waals surface area contributed by atoms with Gasteiger partial charge in [-0.05, 0) is 35.7 Å². The average Bonchev–Trinajstić information content (AvgIpc) is 3.44. The van der Waals surface area contributed by atoms with E-state index < -0.39 is 0 Å². The highest BCUT2D eigenvalue weighted by molar-refractivity contribution is 8.00. The third-order valence-corrected chi connectivity index (χ3v) is 5.73. The van der Waals surface area contributed by atoms with Gasteiger partial charge in [-0.25, -0.2) is 4.98 Å². The van der Waals surface area contributed by atoms with Crippen LogP contribution in [0.4, 0.5) is 5.69 Å². The maximum Gasteiger partial charge on any atom is 0.261 e. The fourth-order valence-electron chi connectivity index (χ4n) is 2.54. The number of pyridine rings is 1. The SMILES string of the molecule is COc1cccc(NC(=O)CSc2ncccc2-c2nc(-c3cccs3)no2)c1. The first kappa shape index (κ1) is 19.2. The lowest BCUT2D eigenvalue weighted by Crippen LogP contribution is -2.14. The Labute approximate surface area is 175 Å². The molecule has 0 aliphatic carbocycles. The number of thiophene rings is 1. The minimum Gasteiger partial charge on any atom is -0.497 e. The van der Waals surface area contributed by atoms with Crippen molar-refractivity contribution in [3.8, 4) is 27.9 Å². The fourth-order valence-corrected chi connectivity index (χ4v) is 3.97. The normalized spacial score (nSPS) is 10.7. The molecule has 3 aromatic heterocycles. The predicted molar refractivity (Wildman–Crippen MR) is 113 cm³/mol. The van der Waals surface area contributed by atoms with Gasteiger partial charge < -0.3 is 14.6 Å². The maximum atomic E-state index is 12.3. The van der Waals surface area contributed by atoms with Crippen LogP contribution in [0, 0.1) is 0 Å². The minimum atomic E-state index is -0.148. The zero-order valence-corrected chi connectivity index (χ0v) is 17.0. The molecule has 0 atom stereocenters. The largest absolute Gasteiger partial charge is 0.497 e. The summed E-state index contributed by atoms with van der Waals surface area (Å²) in [6, 6.07) is 14.7. The molecule has 0 saturated heterocycles. The van der Waals surface area contributed by atoms with Gasteiger partial charge in [-0.15, -0.1) is 11.3 Å². The number of hydrogen-bond donors (Lipinski definition) is 1. The van der Waals surface area contributed by atoms with E-state index in [0.717, 1.165) is 4.88 Å². The summed E-state index contributed by atoms with van der Waals surface area (Å²) in [7, 11) is 1.58. The number of anilines is 1. The van der Waals surface area contributed by atoms with Gasteiger partial charge in [0.15, 0.2) is 0 Å². The van der Waals surface area contributed by atoms with Crippen molar-refractivity contribution >= 4 is 34.7 Å². The molecule has 146 valence electrons. The number of carbonyl (C=O) groups excluding carboxylic acids is 1. The Hall–Kier alpha value is -3.17. The molecule has 0 unspecified atom stereocenters. The number of nitrogens with one attached hydrogen (secondary N) is 1. The van der Waals surface area contributed by atoms with Gasteiger partial charge in [0, 0.05) is 18.0 Å². The van der Waals surface area contributed by atoms with E-state index in [1.807, 2.05) is 41.8 Å². The van der Waals surface area contributed by atoms with Crippen molar-refractivity contribution in [3.63, 3.8) is 0 Å². The zero-order valence-electron chi connectivity index (χ0n) is 15.4. The summed E-state index contributed by atoms with van der Waals surface area (Å²) in [6.07, 6.45) is 1.67. The second kappa shape index (κ2) is 8.89. The molecule has 0 aliphatic heterocycles. The van der Waals surface area contributed by atoms with E-state index in [4.69, 9.17) is 9.26 Å². The Bertz CT molecular complexity index is 1110. The van der Waals surface area contributed by atoms with Gasteiger partial charge in [0.05, 0.1) is 23.3 Å². The van der Waals surface area contributed by atoms with Crippen LogP contribution < -0.4 is 10.1 Å². The minimum absolute atomic E-state index is 0.148. The topological polar surface area (TPSA) is 90.1 Å². The van der Waals surface area contributed by atoms with Crippen molar-refractivity contribution in [2.75, 3.05) is 18.2 Å². The molecular formula is C20H16N4O3S2. The van der Waals surface area contributed by atoms with E-state index >= 15 is 0 Å². The molecule has 1 N–H and O–H groups in total. The third-order valence-electron chi connectivity index (χ3n) is 3.86. The molecular weight excluding hydrogens is 408 g/mol. The van der Waals surface area contributed by atoms with E-state index in [-0.39, 0.29) is 11.7 Å². The van der Waals surface area contributed by atoms with Crippen LogP contribution in [0.2, 0.25) is 0 Å². The number of thioether (sulfide) groups is 1. The number of carbonyl (C=O) groups is 1. The van der Waals surface area contributed by atoms with E-state index in [0.29, 0.717) is 33.7 Å². The molecule has 0 bridgehead atoms. The Kier molecular flexibility index (Phi) is 5.87. The number of amides is 1. The van der Waals surface area contributed by atoms with Gasteiger partial charge in [-0.3, -0.25) is 4.79 Å². The second-order valence-corrected chi connectivity index (χ2v) is 7.74. The first-order valence-electron chi connectivity index (χ1n) is 8.62. The van der Waals surface area contributed by atoms with Crippen molar-refractivity contribution in [3.05, 3.63) is 60.1 Å². The maximum absolute atomic E-state index is 12.3. The summed E-state index contributed by atoms with van der Waals surface area (Å²) in [5.41, 5.74) is 1.37. The molecule has 7 nitrogen and oxygen atoms in total. The van der Waals surface area contributed by atoms with E-state index in [9.17, 15) is 4.79 Å².